The average molecular weight is 368 g/mol. The Hall–Kier alpha value is -2.71. The molecule has 132 valence electrons. The normalized spacial score (nSPS) is 10.4. The standard InChI is InChI=1S/C16H15ClFN3O4/c1-25-7-6-19-14-5-2-10(8-15(14)21(23)24)16(22)20-11-3-4-12(17)13(18)9-11/h2-5,8-9,19H,6-7H2,1H3,(H,20,22). The van der Waals surface area contributed by atoms with Crippen LogP contribution >= 0.6 is 11.6 Å². The largest absolute Gasteiger partial charge is 0.383 e. The van der Waals surface area contributed by atoms with E-state index in [4.69, 9.17) is 16.3 Å². The fraction of sp³-hybridized carbons (Fsp3) is 0.188. The van der Waals surface area contributed by atoms with Gasteiger partial charge in [0.15, 0.2) is 0 Å². The molecule has 0 aliphatic carbocycles. The van der Waals surface area contributed by atoms with Crippen LogP contribution in [-0.2, 0) is 4.74 Å². The first kappa shape index (κ1) is 18.6. The third-order valence-electron chi connectivity index (χ3n) is 3.26. The lowest BCUT2D eigenvalue weighted by Gasteiger charge is -2.09. The lowest BCUT2D eigenvalue weighted by molar-refractivity contribution is -0.384. The Labute approximate surface area is 147 Å². The highest BCUT2D eigenvalue weighted by atomic mass is 35.5. The first-order chi connectivity index (χ1) is 11.9. The number of rotatable bonds is 7. The highest BCUT2D eigenvalue weighted by molar-refractivity contribution is 6.30. The van der Waals surface area contributed by atoms with Crippen molar-refractivity contribution in [3.05, 3.63) is 62.9 Å². The summed E-state index contributed by atoms with van der Waals surface area (Å²) in [6.45, 7) is 0.758. The number of amides is 1. The minimum absolute atomic E-state index is 0.0688. The van der Waals surface area contributed by atoms with Crippen LogP contribution in [0.4, 0.5) is 21.5 Å². The quantitative estimate of drug-likeness (QED) is 0.442. The lowest BCUT2D eigenvalue weighted by atomic mass is 10.1. The highest BCUT2D eigenvalue weighted by Gasteiger charge is 2.17. The van der Waals surface area contributed by atoms with Crippen LogP contribution in [0.15, 0.2) is 36.4 Å². The van der Waals surface area contributed by atoms with Gasteiger partial charge in [0.05, 0.1) is 16.6 Å². The van der Waals surface area contributed by atoms with E-state index in [1.165, 1.54) is 31.4 Å². The number of benzene rings is 2. The Kier molecular flexibility index (Phi) is 6.26. The molecule has 0 heterocycles. The Morgan fingerprint density at radius 1 is 1.32 bits per heavy atom. The number of hydrogen-bond acceptors (Lipinski definition) is 5. The van der Waals surface area contributed by atoms with Crippen LogP contribution in [-0.4, -0.2) is 31.1 Å². The number of nitrogens with zero attached hydrogens (tertiary/aromatic N) is 1. The number of ether oxygens (including phenoxy) is 1. The summed E-state index contributed by atoms with van der Waals surface area (Å²) in [4.78, 5) is 22.8. The number of halogens is 2. The van der Waals surface area contributed by atoms with Crippen molar-refractivity contribution in [3.63, 3.8) is 0 Å². The molecule has 0 fully saturated rings. The van der Waals surface area contributed by atoms with Crippen LogP contribution in [0.1, 0.15) is 10.4 Å². The predicted molar refractivity (Wildman–Crippen MR) is 92.8 cm³/mol. The molecular formula is C16H15ClFN3O4. The number of methoxy groups -OCH3 is 1. The minimum Gasteiger partial charge on any atom is -0.383 e. The van der Waals surface area contributed by atoms with Gasteiger partial charge in [0, 0.05) is 31.0 Å². The molecule has 2 N–H and O–H groups in total. The zero-order valence-corrected chi connectivity index (χ0v) is 14.0. The molecule has 0 atom stereocenters. The fourth-order valence-electron chi connectivity index (χ4n) is 2.04. The lowest BCUT2D eigenvalue weighted by Crippen LogP contribution is -2.14. The van der Waals surface area contributed by atoms with E-state index in [1.54, 1.807) is 0 Å². The molecule has 0 saturated heterocycles. The van der Waals surface area contributed by atoms with Crippen LogP contribution < -0.4 is 10.6 Å². The third kappa shape index (κ3) is 4.88. The van der Waals surface area contributed by atoms with Gasteiger partial charge >= 0.3 is 0 Å². The molecule has 1 amide bonds. The number of anilines is 2. The van der Waals surface area contributed by atoms with Crippen LogP contribution in [0.3, 0.4) is 0 Å². The summed E-state index contributed by atoms with van der Waals surface area (Å²) in [5.41, 5.74) is 0.290. The Morgan fingerprint density at radius 2 is 2.08 bits per heavy atom. The maximum atomic E-state index is 13.4. The number of nitrogens with one attached hydrogen (secondary N) is 2. The van der Waals surface area contributed by atoms with Gasteiger partial charge in [-0.3, -0.25) is 14.9 Å². The summed E-state index contributed by atoms with van der Waals surface area (Å²) in [5.74, 6) is -1.28. The van der Waals surface area contributed by atoms with Crippen molar-refractivity contribution in [3.8, 4) is 0 Å². The summed E-state index contributed by atoms with van der Waals surface area (Å²) in [6.07, 6.45) is 0. The molecule has 0 saturated carbocycles. The minimum atomic E-state index is -0.678. The summed E-state index contributed by atoms with van der Waals surface area (Å²) < 4.78 is 18.3. The molecule has 9 heteroatoms. The van der Waals surface area contributed by atoms with Crippen molar-refractivity contribution in [2.45, 2.75) is 0 Å². The zero-order valence-electron chi connectivity index (χ0n) is 13.2. The number of nitro benzene ring substituents is 1. The average Bonchev–Trinajstić information content (AvgIpc) is 2.58. The molecule has 7 nitrogen and oxygen atoms in total. The van der Waals surface area contributed by atoms with E-state index in [9.17, 15) is 19.3 Å². The smallest absolute Gasteiger partial charge is 0.293 e. The van der Waals surface area contributed by atoms with Gasteiger partial charge in [-0.05, 0) is 30.3 Å². The van der Waals surface area contributed by atoms with Crippen LogP contribution in [0.25, 0.3) is 0 Å². The summed E-state index contributed by atoms with van der Waals surface area (Å²) >= 11 is 5.58. The summed E-state index contributed by atoms with van der Waals surface area (Å²) in [7, 11) is 1.52. The van der Waals surface area contributed by atoms with Gasteiger partial charge < -0.3 is 15.4 Å². The van der Waals surface area contributed by atoms with Crippen molar-refractivity contribution in [2.24, 2.45) is 0 Å². The van der Waals surface area contributed by atoms with Crippen molar-refractivity contribution in [2.75, 3.05) is 30.9 Å². The van der Waals surface area contributed by atoms with Gasteiger partial charge in [-0.1, -0.05) is 11.6 Å². The summed E-state index contributed by atoms with van der Waals surface area (Å²) in [5, 5.41) is 16.5. The summed E-state index contributed by atoms with van der Waals surface area (Å²) in [6, 6.07) is 7.82. The van der Waals surface area contributed by atoms with Gasteiger partial charge in [0.1, 0.15) is 11.5 Å². The molecule has 25 heavy (non-hydrogen) atoms. The van der Waals surface area contributed by atoms with Crippen LogP contribution in [0.5, 0.6) is 0 Å². The highest BCUT2D eigenvalue weighted by Crippen LogP contribution is 2.26. The van der Waals surface area contributed by atoms with Crippen molar-refractivity contribution in [1.29, 1.82) is 0 Å². The van der Waals surface area contributed by atoms with Gasteiger partial charge in [0.25, 0.3) is 11.6 Å². The number of carbonyl (C=O) groups is 1. The van der Waals surface area contributed by atoms with E-state index in [1.807, 2.05) is 0 Å². The van der Waals surface area contributed by atoms with E-state index in [0.717, 1.165) is 12.1 Å². The number of nitro groups is 1. The molecule has 0 spiro atoms. The molecule has 0 aliphatic heterocycles. The van der Waals surface area contributed by atoms with E-state index in [-0.39, 0.29) is 27.6 Å². The Bertz CT molecular complexity index is 801. The Balaban J connectivity index is 2.20. The first-order valence-corrected chi connectivity index (χ1v) is 7.58. The van der Waals surface area contributed by atoms with E-state index in [2.05, 4.69) is 10.6 Å². The molecule has 2 aromatic carbocycles. The monoisotopic (exact) mass is 367 g/mol. The second-order valence-electron chi connectivity index (χ2n) is 4.99. The number of hydrogen-bond donors (Lipinski definition) is 2. The fourth-order valence-corrected chi connectivity index (χ4v) is 2.16. The van der Waals surface area contributed by atoms with Gasteiger partial charge in [-0.2, -0.15) is 0 Å². The van der Waals surface area contributed by atoms with E-state index in [0.29, 0.717) is 13.2 Å². The first-order valence-electron chi connectivity index (χ1n) is 7.20. The molecule has 0 aromatic heterocycles. The molecule has 0 unspecified atom stereocenters. The van der Waals surface area contributed by atoms with Gasteiger partial charge in [-0.25, -0.2) is 4.39 Å². The van der Waals surface area contributed by atoms with Crippen LogP contribution in [0, 0.1) is 15.9 Å². The van der Waals surface area contributed by atoms with Crippen molar-refractivity contribution < 1.29 is 18.8 Å². The Morgan fingerprint density at radius 3 is 2.72 bits per heavy atom. The molecule has 2 aromatic rings. The maximum absolute atomic E-state index is 13.4. The van der Waals surface area contributed by atoms with Gasteiger partial charge in [0.2, 0.25) is 0 Å². The van der Waals surface area contributed by atoms with Gasteiger partial charge in [-0.15, -0.1) is 0 Å². The van der Waals surface area contributed by atoms with E-state index < -0.39 is 16.6 Å². The maximum Gasteiger partial charge on any atom is 0.293 e. The molecule has 2 rings (SSSR count). The molecule has 0 radical (unpaired) electrons. The molecule has 0 aliphatic rings. The second kappa shape index (κ2) is 8.41. The van der Waals surface area contributed by atoms with Crippen molar-refractivity contribution >= 4 is 34.6 Å². The molecule has 0 bridgehead atoms. The van der Waals surface area contributed by atoms with Crippen LogP contribution in [0.2, 0.25) is 5.02 Å². The second-order valence-corrected chi connectivity index (χ2v) is 5.40. The zero-order chi connectivity index (χ0) is 18.4. The topological polar surface area (TPSA) is 93.5 Å². The SMILES string of the molecule is COCCNc1ccc(C(=O)Nc2ccc(Cl)c(F)c2)cc1[N+](=O)[O-]. The molecular weight excluding hydrogens is 353 g/mol. The van der Waals surface area contributed by atoms with Crippen molar-refractivity contribution in [1.82, 2.24) is 0 Å². The predicted octanol–water partition coefficient (Wildman–Crippen LogP) is 3.70. The number of carbonyl (C=O) groups excluding carboxylic acids is 1. The van der Waals surface area contributed by atoms with E-state index >= 15 is 0 Å². The third-order valence-corrected chi connectivity index (χ3v) is 3.56.